The molecule has 0 radical (unpaired) electrons. The number of hydrogen-bond acceptors (Lipinski definition) is 3. The number of ether oxygens (including phenoxy) is 2. The molecule has 100 valence electrons. The fraction of sp³-hybridized carbons (Fsp3) is 0.600. The lowest BCUT2D eigenvalue weighted by atomic mass is 9.83. The summed E-state index contributed by atoms with van der Waals surface area (Å²) < 4.78 is 11.4. The maximum atomic E-state index is 5.73. The Balaban J connectivity index is 1.50. The molecule has 3 nitrogen and oxygen atoms in total. The molecule has 0 amide bonds. The Kier molecular flexibility index (Phi) is 5.65. The monoisotopic (exact) mass is 249 g/mol. The van der Waals surface area contributed by atoms with Gasteiger partial charge >= 0.3 is 0 Å². The van der Waals surface area contributed by atoms with E-state index in [1.807, 2.05) is 25.2 Å². The van der Waals surface area contributed by atoms with Gasteiger partial charge in [-0.3, -0.25) is 0 Å². The lowest BCUT2D eigenvalue weighted by Crippen LogP contribution is -2.35. The van der Waals surface area contributed by atoms with E-state index in [2.05, 4.69) is 17.4 Å². The van der Waals surface area contributed by atoms with Gasteiger partial charge in [0.2, 0.25) is 0 Å². The van der Waals surface area contributed by atoms with Crippen LogP contribution >= 0.6 is 0 Å². The van der Waals surface area contributed by atoms with Crippen molar-refractivity contribution >= 4 is 0 Å². The van der Waals surface area contributed by atoms with Crippen LogP contribution in [-0.2, 0) is 16.1 Å². The topological polar surface area (TPSA) is 30.5 Å². The smallest absolute Gasteiger partial charge is 0.0717 e. The Hall–Kier alpha value is -0.900. The highest BCUT2D eigenvalue weighted by molar-refractivity contribution is 5.13. The SMILES string of the molecule is CNCCOC1CC(COCc2ccccc2)C1. The van der Waals surface area contributed by atoms with E-state index in [-0.39, 0.29) is 0 Å². The number of benzene rings is 1. The van der Waals surface area contributed by atoms with Crippen LogP contribution in [0, 0.1) is 5.92 Å². The highest BCUT2D eigenvalue weighted by atomic mass is 16.5. The van der Waals surface area contributed by atoms with Crippen molar-refractivity contribution in [1.82, 2.24) is 5.32 Å². The molecule has 1 aromatic rings. The molecule has 0 aliphatic heterocycles. The lowest BCUT2D eigenvalue weighted by molar-refractivity contribution is -0.0569. The minimum Gasteiger partial charge on any atom is -0.377 e. The van der Waals surface area contributed by atoms with E-state index in [4.69, 9.17) is 9.47 Å². The van der Waals surface area contributed by atoms with Gasteiger partial charge in [0.15, 0.2) is 0 Å². The zero-order valence-electron chi connectivity index (χ0n) is 11.1. The van der Waals surface area contributed by atoms with Gasteiger partial charge in [-0.25, -0.2) is 0 Å². The summed E-state index contributed by atoms with van der Waals surface area (Å²) in [7, 11) is 1.95. The molecule has 0 aromatic heterocycles. The minimum atomic E-state index is 0.462. The molecular weight excluding hydrogens is 226 g/mol. The van der Waals surface area contributed by atoms with Gasteiger partial charge in [-0.1, -0.05) is 30.3 Å². The van der Waals surface area contributed by atoms with Crippen molar-refractivity contribution in [3.63, 3.8) is 0 Å². The first-order chi connectivity index (χ1) is 8.88. The Morgan fingerprint density at radius 2 is 2.00 bits per heavy atom. The van der Waals surface area contributed by atoms with E-state index in [0.717, 1.165) is 39.2 Å². The fourth-order valence-electron chi connectivity index (χ4n) is 2.19. The van der Waals surface area contributed by atoms with Crippen LogP contribution in [0.15, 0.2) is 30.3 Å². The first kappa shape index (κ1) is 13.5. The summed E-state index contributed by atoms with van der Waals surface area (Å²) >= 11 is 0. The first-order valence-corrected chi connectivity index (χ1v) is 6.76. The summed E-state index contributed by atoms with van der Waals surface area (Å²) in [6.45, 7) is 3.34. The summed E-state index contributed by atoms with van der Waals surface area (Å²) in [5.74, 6) is 0.688. The van der Waals surface area contributed by atoms with Crippen LogP contribution in [0.2, 0.25) is 0 Å². The largest absolute Gasteiger partial charge is 0.377 e. The summed E-state index contributed by atoms with van der Waals surface area (Å²) in [4.78, 5) is 0. The molecule has 0 heterocycles. The lowest BCUT2D eigenvalue weighted by Gasteiger charge is -2.34. The van der Waals surface area contributed by atoms with E-state index in [9.17, 15) is 0 Å². The van der Waals surface area contributed by atoms with E-state index < -0.39 is 0 Å². The maximum absolute atomic E-state index is 5.73. The third-order valence-corrected chi connectivity index (χ3v) is 3.36. The van der Waals surface area contributed by atoms with Crippen LogP contribution in [0.4, 0.5) is 0 Å². The second-order valence-corrected chi connectivity index (χ2v) is 4.93. The molecule has 0 bridgehead atoms. The van der Waals surface area contributed by atoms with Crippen molar-refractivity contribution in [2.75, 3.05) is 26.8 Å². The Morgan fingerprint density at radius 3 is 2.72 bits per heavy atom. The summed E-state index contributed by atoms with van der Waals surface area (Å²) in [6, 6.07) is 10.3. The van der Waals surface area contributed by atoms with Gasteiger partial charge < -0.3 is 14.8 Å². The molecule has 1 aliphatic rings. The Bertz CT molecular complexity index is 323. The predicted octanol–water partition coefficient (Wildman–Crippen LogP) is 2.22. The third kappa shape index (κ3) is 4.41. The number of rotatable bonds is 8. The molecular formula is C15H23NO2. The predicted molar refractivity (Wildman–Crippen MR) is 72.5 cm³/mol. The van der Waals surface area contributed by atoms with Gasteiger partial charge in [-0.2, -0.15) is 0 Å². The quantitative estimate of drug-likeness (QED) is 0.717. The van der Waals surface area contributed by atoms with Crippen LogP contribution in [0.5, 0.6) is 0 Å². The molecule has 1 N–H and O–H groups in total. The highest BCUT2D eigenvalue weighted by Crippen LogP contribution is 2.30. The molecule has 1 aliphatic carbocycles. The van der Waals surface area contributed by atoms with Gasteiger partial charge in [-0.05, 0) is 31.4 Å². The maximum Gasteiger partial charge on any atom is 0.0717 e. The highest BCUT2D eigenvalue weighted by Gasteiger charge is 2.29. The van der Waals surface area contributed by atoms with E-state index in [0.29, 0.717) is 12.0 Å². The van der Waals surface area contributed by atoms with Crippen molar-refractivity contribution in [3.05, 3.63) is 35.9 Å². The average Bonchev–Trinajstić information content (AvgIpc) is 2.36. The molecule has 18 heavy (non-hydrogen) atoms. The number of nitrogens with one attached hydrogen (secondary N) is 1. The molecule has 0 atom stereocenters. The van der Waals surface area contributed by atoms with Crippen molar-refractivity contribution in [2.45, 2.75) is 25.6 Å². The molecule has 1 saturated carbocycles. The van der Waals surface area contributed by atoms with Gasteiger partial charge in [0.05, 0.1) is 25.9 Å². The Labute approximate surface area is 109 Å². The second-order valence-electron chi connectivity index (χ2n) is 4.93. The molecule has 0 unspecified atom stereocenters. The average molecular weight is 249 g/mol. The minimum absolute atomic E-state index is 0.462. The Morgan fingerprint density at radius 1 is 1.22 bits per heavy atom. The number of likely N-dealkylation sites (N-methyl/N-ethyl adjacent to an activating group) is 1. The van der Waals surface area contributed by atoms with Crippen LogP contribution in [0.1, 0.15) is 18.4 Å². The third-order valence-electron chi connectivity index (χ3n) is 3.36. The molecule has 2 rings (SSSR count). The summed E-state index contributed by atoms with van der Waals surface area (Å²) in [6.07, 6.45) is 2.76. The first-order valence-electron chi connectivity index (χ1n) is 6.76. The molecule has 1 aromatic carbocycles. The van der Waals surface area contributed by atoms with Crippen molar-refractivity contribution in [2.24, 2.45) is 5.92 Å². The van der Waals surface area contributed by atoms with Crippen LogP contribution in [0.3, 0.4) is 0 Å². The van der Waals surface area contributed by atoms with Crippen molar-refractivity contribution in [1.29, 1.82) is 0 Å². The number of hydrogen-bond donors (Lipinski definition) is 1. The van der Waals surface area contributed by atoms with E-state index in [1.165, 1.54) is 5.56 Å². The standard InChI is InChI=1S/C15H23NO2/c1-16-7-8-18-15-9-14(10-15)12-17-11-13-5-3-2-4-6-13/h2-6,14-16H,7-12H2,1H3. The van der Waals surface area contributed by atoms with Crippen LogP contribution in [-0.4, -0.2) is 32.9 Å². The zero-order chi connectivity index (χ0) is 12.6. The second kappa shape index (κ2) is 7.52. The molecule has 1 fully saturated rings. The normalized spacial score (nSPS) is 22.7. The molecule has 0 saturated heterocycles. The molecule has 0 spiro atoms. The zero-order valence-corrected chi connectivity index (χ0v) is 11.1. The van der Waals surface area contributed by atoms with E-state index in [1.54, 1.807) is 0 Å². The van der Waals surface area contributed by atoms with Gasteiger partial charge in [0.1, 0.15) is 0 Å². The van der Waals surface area contributed by atoms with Gasteiger partial charge in [0.25, 0.3) is 0 Å². The summed E-state index contributed by atoms with van der Waals surface area (Å²) in [5.41, 5.74) is 1.25. The van der Waals surface area contributed by atoms with Crippen LogP contribution < -0.4 is 5.32 Å². The fourth-order valence-corrected chi connectivity index (χ4v) is 2.19. The summed E-state index contributed by atoms with van der Waals surface area (Å²) in [5, 5.41) is 3.09. The van der Waals surface area contributed by atoms with Crippen molar-refractivity contribution in [3.8, 4) is 0 Å². The van der Waals surface area contributed by atoms with E-state index >= 15 is 0 Å². The molecule has 3 heteroatoms. The van der Waals surface area contributed by atoms with Crippen molar-refractivity contribution < 1.29 is 9.47 Å². The van der Waals surface area contributed by atoms with Crippen LogP contribution in [0.25, 0.3) is 0 Å². The van der Waals surface area contributed by atoms with Gasteiger partial charge in [-0.15, -0.1) is 0 Å². The van der Waals surface area contributed by atoms with Gasteiger partial charge in [0, 0.05) is 6.54 Å².